The topological polar surface area (TPSA) is 38.7 Å². The van der Waals surface area contributed by atoms with E-state index in [2.05, 4.69) is 309 Å². The molecule has 1 aromatic heterocycles. The Bertz CT molecular complexity index is 4330. The van der Waals surface area contributed by atoms with Crippen LogP contribution in [0, 0.1) is 0 Å². The molecule has 0 saturated heterocycles. The Morgan fingerprint density at radius 3 is 0.871 bits per heavy atom. The van der Waals surface area contributed by atoms with Crippen LogP contribution in [0.25, 0.3) is 123 Å². The Labute approximate surface area is 496 Å². The molecular formula is C82H55N3. The van der Waals surface area contributed by atoms with E-state index in [9.17, 15) is 0 Å². The van der Waals surface area contributed by atoms with Crippen molar-refractivity contribution in [2.45, 2.75) is 5.41 Å². The summed E-state index contributed by atoms with van der Waals surface area (Å²) in [5.74, 6) is 1.23. The Morgan fingerprint density at radius 2 is 0.482 bits per heavy atom. The largest absolute Gasteiger partial charge is 0.217 e. The predicted octanol–water partition coefficient (Wildman–Crippen LogP) is 20.9. The lowest BCUT2D eigenvalue weighted by molar-refractivity contribution is 0.770. The molecule has 85 heavy (non-hydrogen) atoms. The third kappa shape index (κ3) is 9.64. The van der Waals surface area contributed by atoms with Gasteiger partial charge in [0.15, 0.2) is 11.6 Å². The molecule has 0 bridgehead atoms. The van der Waals surface area contributed by atoms with Gasteiger partial charge in [0.05, 0.1) is 5.41 Å². The molecule has 3 nitrogen and oxygen atoms in total. The minimum Gasteiger partial charge on any atom is -0.217 e. The molecule has 14 aromatic rings. The van der Waals surface area contributed by atoms with Gasteiger partial charge in [-0.25, -0.2) is 15.0 Å². The summed E-state index contributed by atoms with van der Waals surface area (Å²) in [7, 11) is 0. The van der Waals surface area contributed by atoms with E-state index in [0.717, 1.165) is 100 Å². The molecule has 0 spiro atoms. The summed E-state index contributed by atoms with van der Waals surface area (Å²) in [5.41, 5.74) is 26.2. The zero-order chi connectivity index (χ0) is 56.5. The second-order valence-electron chi connectivity index (χ2n) is 21.9. The van der Waals surface area contributed by atoms with Crippen LogP contribution in [0.2, 0.25) is 0 Å². The number of benzene rings is 13. The number of fused-ring (bicyclic) bond motifs is 3. The van der Waals surface area contributed by atoms with E-state index < -0.39 is 5.41 Å². The minimum absolute atomic E-state index is 0.608. The Hall–Kier alpha value is -11.1. The smallest absolute Gasteiger partial charge is 0.163 e. The molecule has 1 heterocycles. The Balaban J connectivity index is 1.05. The number of hydrogen-bond donors (Lipinski definition) is 0. The average Bonchev–Trinajstić information content (AvgIpc) is 1.66. The fourth-order valence-electron chi connectivity index (χ4n) is 12.8. The van der Waals surface area contributed by atoms with Crippen LogP contribution in [0.3, 0.4) is 0 Å². The maximum Gasteiger partial charge on any atom is 0.163 e. The van der Waals surface area contributed by atoms with Crippen molar-refractivity contribution in [3.63, 3.8) is 0 Å². The second kappa shape index (κ2) is 22.0. The van der Waals surface area contributed by atoms with Crippen LogP contribution in [-0.4, -0.2) is 15.0 Å². The molecule has 15 rings (SSSR count). The SMILES string of the molecule is c1ccc(-c2cccc(-c3cc(-c4cccc(-c5ccccc5)c4)cc(C4(c5cc(-c6cccc(-c7ccccc7)c6)cc(-c6cccc(-c7ccccc7)c6)c5)c5ccccc5-c5ccc(-c6ncnc(-c7ccccc7)n6)cc54)c3)c2)cc1. The summed E-state index contributed by atoms with van der Waals surface area (Å²) in [5, 5.41) is 0. The molecule has 0 aliphatic heterocycles. The normalized spacial score (nSPS) is 12.1. The van der Waals surface area contributed by atoms with Crippen LogP contribution in [0.4, 0.5) is 0 Å². The standard InChI is InChI=1S/C82H55N3/c1-6-22-56(23-7-1)61-32-18-36-65(44-61)70-48-71(66-37-19-33-62(45-66)57-24-8-2-9-25-57)51-74(50-70)82(78-41-17-16-40-76(78)77-43-42-69(54-79(77)82)81-84-55-83-80(85-81)60-30-14-5-15-31-60)75-52-72(67-38-20-34-63(46-67)58-26-10-3-11-27-58)49-73(53-75)68-39-21-35-64(47-68)59-28-12-4-13-29-59/h1-55H. The molecule has 0 atom stereocenters. The summed E-state index contributed by atoms with van der Waals surface area (Å²) >= 11 is 0. The van der Waals surface area contributed by atoms with Crippen LogP contribution in [0.15, 0.2) is 334 Å². The van der Waals surface area contributed by atoms with Crippen molar-refractivity contribution in [3.8, 4) is 123 Å². The van der Waals surface area contributed by atoms with Crippen LogP contribution in [-0.2, 0) is 5.41 Å². The molecule has 0 unspecified atom stereocenters. The van der Waals surface area contributed by atoms with Gasteiger partial charge in [0.2, 0.25) is 0 Å². The molecule has 0 N–H and O–H groups in total. The molecule has 398 valence electrons. The first-order chi connectivity index (χ1) is 42.1. The van der Waals surface area contributed by atoms with Crippen LogP contribution in [0.5, 0.6) is 0 Å². The Morgan fingerprint density at radius 1 is 0.188 bits per heavy atom. The molecule has 1 aliphatic rings. The van der Waals surface area contributed by atoms with Gasteiger partial charge in [0.25, 0.3) is 0 Å². The molecule has 0 radical (unpaired) electrons. The molecule has 0 amide bonds. The predicted molar refractivity (Wildman–Crippen MR) is 351 cm³/mol. The van der Waals surface area contributed by atoms with Gasteiger partial charge < -0.3 is 0 Å². The zero-order valence-corrected chi connectivity index (χ0v) is 46.6. The van der Waals surface area contributed by atoms with Gasteiger partial charge >= 0.3 is 0 Å². The van der Waals surface area contributed by atoms with E-state index in [1.54, 1.807) is 6.33 Å². The highest BCUT2D eigenvalue weighted by Crippen LogP contribution is 2.58. The minimum atomic E-state index is -0.922. The lowest BCUT2D eigenvalue weighted by atomic mass is 9.66. The molecule has 13 aromatic carbocycles. The molecule has 1 aliphatic carbocycles. The number of aromatic nitrogens is 3. The van der Waals surface area contributed by atoms with E-state index in [1.807, 2.05) is 18.2 Å². The van der Waals surface area contributed by atoms with Gasteiger partial charge in [-0.15, -0.1) is 0 Å². The Kier molecular flexibility index (Phi) is 13.1. The number of rotatable bonds is 12. The van der Waals surface area contributed by atoms with Crippen LogP contribution in [0.1, 0.15) is 22.3 Å². The first kappa shape index (κ1) is 50.8. The number of nitrogens with zero attached hydrogens (tertiary/aromatic N) is 3. The lowest BCUT2D eigenvalue weighted by Crippen LogP contribution is -2.29. The molecule has 3 heteroatoms. The van der Waals surface area contributed by atoms with Gasteiger partial charge in [-0.05, 0) is 189 Å². The van der Waals surface area contributed by atoms with Crippen molar-refractivity contribution in [3.05, 3.63) is 356 Å². The first-order valence-electron chi connectivity index (χ1n) is 29.0. The first-order valence-corrected chi connectivity index (χ1v) is 29.0. The van der Waals surface area contributed by atoms with E-state index in [0.29, 0.717) is 11.6 Å². The maximum absolute atomic E-state index is 5.21. The van der Waals surface area contributed by atoms with Crippen molar-refractivity contribution in [1.29, 1.82) is 0 Å². The van der Waals surface area contributed by atoms with E-state index in [-0.39, 0.29) is 0 Å². The quantitative estimate of drug-likeness (QED) is 0.122. The van der Waals surface area contributed by atoms with Gasteiger partial charge in [0.1, 0.15) is 6.33 Å². The summed E-state index contributed by atoms with van der Waals surface area (Å²) in [6, 6.07) is 120. The van der Waals surface area contributed by atoms with Crippen molar-refractivity contribution >= 4 is 0 Å². The molecular weight excluding hydrogens is 1030 g/mol. The third-order valence-corrected chi connectivity index (χ3v) is 16.9. The summed E-state index contributed by atoms with van der Waals surface area (Å²) in [4.78, 5) is 14.8. The molecule has 0 saturated carbocycles. The summed E-state index contributed by atoms with van der Waals surface area (Å²) < 4.78 is 0. The fourth-order valence-corrected chi connectivity index (χ4v) is 12.8. The monoisotopic (exact) mass is 1080 g/mol. The van der Waals surface area contributed by atoms with E-state index >= 15 is 0 Å². The van der Waals surface area contributed by atoms with E-state index in [4.69, 9.17) is 15.0 Å². The van der Waals surface area contributed by atoms with Gasteiger partial charge in [-0.2, -0.15) is 0 Å². The highest BCUT2D eigenvalue weighted by Gasteiger charge is 2.47. The van der Waals surface area contributed by atoms with Crippen molar-refractivity contribution < 1.29 is 0 Å². The van der Waals surface area contributed by atoms with Crippen LogP contribution >= 0.6 is 0 Å². The van der Waals surface area contributed by atoms with Gasteiger partial charge in [0, 0.05) is 11.1 Å². The zero-order valence-electron chi connectivity index (χ0n) is 46.6. The molecule has 0 fully saturated rings. The van der Waals surface area contributed by atoms with Crippen molar-refractivity contribution in [2.24, 2.45) is 0 Å². The van der Waals surface area contributed by atoms with E-state index in [1.165, 1.54) is 33.4 Å². The third-order valence-electron chi connectivity index (χ3n) is 16.9. The van der Waals surface area contributed by atoms with Gasteiger partial charge in [-0.1, -0.05) is 261 Å². The lowest BCUT2D eigenvalue weighted by Gasteiger charge is -2.36. The number of hydrogen-bond acceptors (Lipinski definition) is 3. The summed E-state index contributed by atoms with van der Waals surface area (Å²) in [6.07, 6.45) is 1.64. The highest BCUT2D eigenvalue weighted by atomic mass is 15.0. The second-order valence-corrected chi connectivity index (χ2v) is 21.9. The summed E-state index contributed by atoms with van der Waals surface area (Å²) in [6.45, 7) is 0. The van der Waals surface area contributed by atoms with Gasteiger partial charge in [-0.3, -0.25) is 0 Å². The van der Waals surface area contributed by atoms with Crippen LogP contribution < -0.4 is 0 Å². The fraction of sp³-hybridized carbons (Fsp3) is 0.0122. The maximum atomic E-state index is 5.21. The average molecular weight is 1080 g/mol. The van der Waals surface area contributed by atoms with Crippen molar-refractivity contribution in [2.75, 3.05) is 0 Å². The van der Waals surface area contributed by atoms with Crippen molar-refractivity contribution in [1.82, 2.24) is 15.0 Å². The highest BCUT2D eigenvalue weighted by molar-refractivity contribution is 5.92.